The van der Waals surface area contributed by atoms with E-state index in [0.717, 1.165) is 0 Å². The molecule has 0 saturated carbocycles. The summed E-state index contributed by atoms with van der Waals surface area (Å²) in [5, 5.41) is 3.96. The molecule has 2 rings (SSSR count). The number of nitrogens with zero attached hydrogens (tertiary/aromatic N) is 3. The summed E-state index contributed by atoms with van der Waals surface area (Å²) < 4.78 is 32.9. The van der Waals surface area contributed by atoms with E-state index >= 15 is 0 Å². The monoisotopic (exact) mass is 274 g/mol. The molecule has 2 N–H and O–H groups in total. The first-order chi connectivity index (χ1) is 8.46. The minimum Gasteiger partial charge on any atom is -0.381 e. The van der Waals surface area contributed by atoms with Crippen molar-refractivity contribution >= 4 is 15.8 Å². The van der Waals surface area contributed by atoms with E-state index in [2.05, 4.69) is 5.10 Å². The van der Waals surface area contributed by atoms with Crippen molar-refractivity contribution in [2.75, 3.05) is 26.0 Å². The highest BCUT2D eigenvalue weighted by atomic mass is 32.2. The summed E-state index contributed by atoms with van der Waals surface area (Å²) in [4.78, 5) is 0.0683. The van der Waals surface area contributed by atoms with Crippen molar-refractivity contribution in [3.63, 3.8) is 0 Å². The minimum absolute atomic E-state index is 0.0441. The molecule has 2 heterocycles. The van der Waals surface area contributed by atoms with Crippen LogP contribution >= 0.6 is 0 Å². The molecule has 0 radical (unpaired) electrons. The van der Waals surface area contributed by atoms with Gasteiger partial charge in [-0.3, -0.25) is 4.68 Å². The van der Waals surface area contributed by atoms with Crippen LogP contribution in [0.5, 0.6) is 0 Å². The van der Waals surface area contributed by atoms with E-state index in [1.807, 2.05) is 6.92 Å². The Labute approximate surface area is 107 Å². The molecular formula is C10H18N4O3S. The van der Waals surface area contributed by atoms with Crippen LogP contribution in [-0.2, 0) is 21.3 Å². The van der Waals surface area contributed by atoms with Crippen LogP contribution in [-0.4, -0.2) is 48.8 Å². The minimum atomic E-state index is -3.60. The number of aromatic nitrogens is 2. The van der Waals surface area contributed by atoms with E-state index in [0.29, 0.717) is 26.2 Å². The van der Waals surface area contributed by atoms with Crippen molar-refractivity contribution in [1.82, 2.24) is 14.1 Å². The fourth-order valence-corrected chi connectivity index (χ4v) is 3.37. The van der Waals surface area contributed by atoms with E-state index in [4.69, 9.17) is 10.5 Å². The lowest BCUT2D eigenvalue weighted by Gasteiger charge is -2.21. The second-order valence-electron chi connectivity index (χ2n) is 4.27. The van der Waals surface area contributed by atoms with Crippen molar-refractivity contribution in [3.05, 3.63) is 6.20 Å². The summed E-state index contributed by atoms with van der Waals surface area (Å²) in [7, 11) is -2.04. The molecule has 0 spiro atoms. The molecule has 18 heavy (non-hydrogen) atoms. The highest BCUT2D eigenvalue weighted by Crippen LogP contribution is 2.24. The Morgan fingerprint density at radius 1 is 1.67 bits per heavy atom. The molecule has 1 aromatic heterocycles. The van der Waals surface area contributed by atoms with Gasteiger partial charge in [0.05, 0.1) is 12.6 Å². The smallest absolute Gasteiger partial charge is 0.248 e. The van der Waals surface area contributed by atoms with Gasteiger partial charge in [0.2, 0.25) is 10.0 Å². The highest BCUT2D eigenvalue weighted by molar-refractivity contribution is 7.89. The first-order valence-electron chi connectivity index (χ1n) is 5.85. The average Bonchev–Trinajstić information content (AvgIpc) is 2.96. The molecule has 1 fully saturated rings. The van der Waals surface area contributed by atoms with Crippen LogP contribution in [0.2, 0.25) is 0 Å². The van der Waals surface area contributed by atoms with Gasteiger partial charge >= 0.3 is 0 Å². The molecule has 1 saturated heterocycles. The van der Waals surface area contributed by atoms with Crippen molar-refractivity contribution in [2.45, 2.75) is 30.8 Å². The van der Waals surface area contributed by atoms with Crippen molar-refractivity contribution < 1.29 is 13.2 Å². The third-order valence-corrected chi connectivity index (χ3v) is 5.08. The third kappa shape index (κ3) is 2.23. The molecule has 1 unspecified atom stereocenters. The first-order valence-corrected chi connectivity index (χ1v) is 7.29. The van der Waals surface area contributed by atoms with Gasteiger partial charge in [0.25, 0.3) is 0 Å². The summed E-state index contributed by atoms with van der Waals surface area (Å²) in [5.74, 6) is 0.0441. The number of aryl methyl sites for hydroxylation is 1. The number of ether oxygens (including phenoxy) is 1. The summed E-state index contributed by atoms with van der Waals surface area (Å²) in [6, 6.07) is -0.126. The van der Waals surface area contributed by atoms with Gasteiger partial charge in [-0.1, -0.05) is 0 Å². The molecule has 0 bridgehead atoms. The average molecular weight is 274 g/mol. The number of nitrogen functional groups attached to an aromatic ring is 1. The van der Waals surface area contributed by atoms with Gasteiger partial charge in [-0.15, -0.1) is 0 Å². The normalized spacial score (nSPS) is 20.7. The largest absolute Gasteiger partial charge is 0.381 e. The Bertz CT molecular complexity index is 519. The van der Waals surface area contributed by atoms with Gasteiger partial charge in [-0.05, 0) is 13.3 Å². The molecule has 1 aliphatic rings. The van der Waals surface area contributed by atoms with Gasteiger partial charge in [0.15, 0.2) is 5.82 Å². The number of likely N-dealkylation sites (N-methyl/N-ethyl adjacent to an activating group) is 1. The zero-order valence-electron chi connectivity index (χ0n) is 10.5. The lowest BCUT2D eigenvalue weighted by Crippen LogP contribution is -2.37. The number of hydrogen-bond donors (Lipinski definition) is 1. The molecular weight excluding hydrogens is 256 g/mol. The van der Waals surface area contributed by atoms with Crippen molar-refractivity contribution in [3.8, 4) is 0 Å². The Kier molecular flexibility index (Phi) is 3.60. The lowest BCUT2D eigenvalue weighted by molar-refractivity contribution is 0.181. The quantitative estimate of drug-likeness (QED) is 0.827. The fourth-order valence-electron chi connectivity index (χ4n) is 1.94. The Morgan fingerprint density at radius 3 is 2.89 bits per heavy atom. The SMILES string of the molecule is CCn1cc(S(=O)(=O)N(C)C2CCOC2)c(N)n1. The summed E-state index contributed by atoms with van der Waals surface area (Å²) >= 11 is 0. The Balaban J connectivity index is 2.31. The molecule has 1 atom stereocenters. The Morgan fingerprint density at radius 2 is 2.39 bits per heavy atom. The van der Waals surface area contributed by atoms with Crippen LogP contribution in [0.4, 0.5) is 5.82 Å². The molecule has 102 valence electrons. The second-order valence-corrected chi connectivity index (χ2v) is 6.24. The topological polar surface area (TPSA) is 90.5 Å². The van der Waals surface area contributed by atoms with Crippen LogP contribution in [0.3, 0.4) is 0 Å². The van der Waals surface area contributed by atoms with Gasteiger partial charge in [-0.25, -0.2) is 8.42 Å². The zero-order chi connectivity index (χ0) is 13.3. The molecule has 7 nitrogen and oxygen atoms in total. The molecule has 0 aromatic carbocycles. The van der Waals surface area contributed by atoms with Crippen molar-refractivity contribution in [1.29, 1.82) is 0 Å². The maximum atomic E-state index is 12.4. The maximum absolute atomic E-state index is 12.4. The highest BCUT2D eigenvalue weighted by Gasteiger charge is 2.33. The van der Waals surface area contributed by atoms with Crippen LogP contribution < -0.4 is 5.73 Å². The van der Waals surface area contributed by atoms with E-state index in [9.17, 15) is 8.42 Å². The van der Waals surface area contributed by atoms with E-state index in [-0.39, 0.29) is 16.8 Å². The number of rotatable bonds is 4. The third-order valence-electron chi connectivity index (χ3n) is 3.16. The van der Waals surface area contributed by atoms with Crippen LogP contribution in [0.1, 0.15) is 13.3 Å². The van der Waals surface area contributed by atoms with Crippen LogP contribution in [0, 0.1) is 0 Å². The van der Waals surface area contributed by atoms with Crippen LogP contribution in [0.15, 0.2) is 11.1 Å². The predicted octanol–water partition coefficient (Wildman–Crippen LogP) is -0.105. The standard InChI is InChI=1S/C10H18N4O3S/c1-3-14-6-9(10(11)12-14)18(15,16)13(2)8-4-5-17-7-8/h6,8H,3-5,7H2,1-2H3,(H2,11,12). The maximum Gasteiger partial charge on any atom is 0.248 e. The number of sulfonamides is 1. The summed E-state index contributed by atoms with van der Waals surface area (Å²) in [5.41, 5.74) is 5.67. The van der Waals surface area contributed by atoms with Gasteiger partial charge < -0.3 is 10.5 Å². The summed E-state index contributed by atoms with van der Waals surface area (Å²) in [6.07, 6.45) is 2.18. The van der Waals surface area contributed by atoms with E-state index in [1.54, 1.807) is 7.05 Å². The Hall–Kier alpha value is -1.12. The fraction of sp³-hybridized carbons (Fsp3) is 0.700. The van der Waals surface area contributed by atoms with Crippen molar-refractivity contribution in [2.24, 2.45) is 0 Å². The van der Waals surface area contributed by atoms with Crippen LogP contribution in [0.25, 0.3) is 0 Å². The zero-order valence-corrected chi connectivity index (χ0v) is 11.4. The number of anilines is 1. The number of nitrogens with two attached hydrogens (primary N) is 1. The lowest BCUT2D eigenvalue weighted by atomic mass is 10.3. The molecule has 8 heteroatoms. The van der Waals surface area contributed by atoms with E-state index in [1.165, 1.54) is 15.2 Å². The van der Waals surface area contributed by atoms with Gasteiger partial charge in [-0.2, -0.15) is 9.40 Å². The first kappa shape index (κ1) is 13.3. The van der Waals surface area contributed by atoms with E-state index < -0.39 is 10.0 Å². The number of hydrogen-bond acceptors (Lipinski definition) is 5. The van der Waals surface area contributed by atoms with Gasteiger partial charge in [0.1, 0.15) is 4.90 Å². The molecule has 0 amide bonds. The molecule has 0 aliphatic carbocycles. The second kappa shape index (κ2) is 4.87. The molecule has 1 aliphatic heterocycles. The summed E-state index contributed by atoms with van der Waals surface area (Å²) in [6.45, 7) is 3.47. The predicted molar refractivity (Wildman–Crippen MR) is 66.5 cm³/mol. The molecule has 1 aromatic rings. The van der Waals surface area contributed by atoms with Gasteiger partial charge in [0, 0.05) is 26.4 Å².